The number of nitrogens with zero attached hydrogens (tertiary/aromatic N) is 1. The summed E-state index contributed by atoms with van der Waals surface area (Å²) in [5.74, 6) is -0.0916. The van der Waals surface area contributed by atoms with Crippen molar-refractivity contribution in [3.05, 3.63) is 23.7 Å². The van der Waals surface area contributed by atoms with Gasteiger partial charge in [0.05, 0.1) is 11.4 Å². The predicted octanol–water partition coefficient (Wildman–Crippen LogP) is 1.38. The van der Waals surface area contributed by atoms with Crippen molar-refractivity contribution < 1.29 is 8.42 Å². The maximum absolute atomic E-state index is 11.2. The Balaban J connectivity index is 2.74. The van der Waals surface area contributed by atoms with Gasteiger partial charge in [-0.15, -0.1) is 17.9 Å². The first-order valence-electron chi connectivity index (χ1n) is 3.57. The average Bonchev–Trinajstić information content (AvgIpc) is 2.34. The van der Waals surface area contributed by atoms with Crippen LogP contribution in [-0.2, 0) is 10.0 Å². The summed E-state index contributed by atoms with van der Waals surface area (Å²) in [6.07, 6.45) is 1.34. The molecule has 1 aromatic heterocycles. The number of hydrogen-bond donors (Lipinski definition) is 1. The maximum atomic E-state index is 11.2. The molecule has 0 radical (unpaired) electrons. The van der Waals surface area contributed by atoms with Crippen LogP contribution in [0.25, 0.3) is 0 Å². The minimum atomic E-state index is -3.29. The molecule has 4 nitrogen and oxygen atoms in total. The molecule has 1 aromatic rings. The number of rotatable bonds is 4. The zero-order valence-corrected chi connectivity index (χ0v) is 8.78. The Bertz CT molecular complexity index is 394. The summed E-state index contributed by atoms with van der Waals surface area (Å²) < 4.78 is 24.7. The first kappa shape index (κ1) is 10.2. The molecule has 6 heteroatoms. The summed E-state index contributed by atoms with van der Waals surface area (Å²) in [7, 11) is -3.29. The molecule has 0 unspecified atom stereocenters. The van der Waals surface area contributed by atoms with E-state index in [1.54, 1.807) is 5.38 Å². The predicted molar refractivity (Wildman–Crippen MR) is 54.5 cm³/mol. The van der Waals surface area contributed by atoms with E-state index in [1.807, 2.05) is 6.92 Å². The van der Waals surface area contributed by atoms with Gasteiger partial charge in [0.1, 0.15) is 0 Å². The molecule has 0 aliphatic carbocycles. The van der Waals surface area contributed by atoms with Crippen molar-refractivity contribution >= 4 is 26.5 Å². The average molecular weight is 218 g/mol. The Kier molecular flexibility index (Phi) is 3.05. The van der Waals surface area contributed by atoms with Crippen molar-refractivity contribution in [2.75, 3.05) is 10.5 Å². The van der Waals surface area contributed by atoms with Crippen LogP contribution in [0.15, 0.2) is 18.0 Å². The summed E-state index contributed by atoms with van der Waals surface area (Å²) in [5.41, 5.74) is 0.807. The van der Waals surface area contributed by atoms with E-state index >= 15 is 0 Å². The molecule has 1 rings (SSSR count). The summed E-state index contributed by atoms with van der Waals surface area (Å²) in [4.78, 5) is 3.97. The molecule has 0 aromatic carbocycles. The number of hydrogen-bond acceptors (Lipinski definition) is 4. The minimum absolute atomic E-state index is 0.0916. The van der Waals surface area contributed by atoms with Crippen LogP contribution in [0, 0.1) is 6.92 Å². The van der Waals surface area contributed by atoms with Crippen LogP contribution in [0.5, 0.6) is 0 Å². The van der Waals surface area contributed by atoms with E-state index in [0.717, 1.165) is 5.69 Å². The molecule has 0 saturated heterocycles. The van der Waals surface area contributed by atoms with Gasteiger partial charge in [-0.05, 0) is 6.92 Å². The number of anilines is 1. The lowest BCUT2D eigenvalue weighted by atomic mass is 10.6. The van der Waals surface area contributed by atoms with Crippen molar-refractivity contribution in [3.63, 3.8) is 0 Å². The van der Waals surface area contributed by atoms with Gasteiger partial charge in [-0.2, -0.15) is 0 Å². The highest BCUT2D eigenvalue weighted by atomic mass is 32.2. The zero-order chi connectivity index (χ0) is 9.90. The van der Waals surface area contributed by atoms with Crippen molar-refractivity contribution in [1.82, 2.24) is 4.98 Å². The lowest BCUT2D eigenvalue weighted by Gasteiger charge is -2.00. The molecule has 0 amide bonds. The van der Waals surface area contributed by atoms with Crippen molar-refractivity contribution in [2.45, 2.75) is 6.92 Å². The molecule has 0 spiro atoms. The van der Waals surface area contributed by atoms with Crippen LogP contribution in [0.3, 0.4) is 0 Å². The van der Waals surface area contributed by atoms with Gasteiger partial charge in [-0.1, -0.05) is 6.08 Å². The maximum Gasteiger partial charge on any atom is 0.238 e. The fourth-order valence-electron chi connectivity index (χ4n) is 0.731. The highest BCUT2D eigenvalue weighted by Gasteiger charge is 2.09. The van der Waals surface area contributed by atoms with Crippen molar-refractivity contribution in [1.29, 1.82) is 0 Å². The largest absolute Gasteiger partial charge is 0.258 e. The molecular formula is C7H10N2O2S2. The van der Waals surface area contributed by atoms with E-state index < -0.39 is 10.0 Å². The van der Waals surface area contributed by atoms with Crippen LogP contribution in [-0.4, -0.2) is 19.2 Å². The Morgan fingerprint density at radius 3 is 2.92 bits per heavy atom. The SMILES string of the molecule is C=CCS(=O)(=O)Nc1nc(C)cs1. The number of aryl methyl sites for hydroxylation is 1. The van der Waals surface area contributed by atoms with Crippen LogP contribution in [0.2, 0.25) is 0 Å². The Hall–Kier alpha value is -0.880. The fraction of sp³-hybridized carbons (Fsp3) is 0.286. The van der Waals surface area contributed by atoms with Gasteiger partial charge in [0, 0.05) is 5.38 Å². The number of nitrogens with one attached hydrogen (secondary N) is 1. The molecule has 13 heavy (non-hydrogen) atoms. The molecule has 0 atom stereocenters. The first-order valence-corrected chi connectivity index (χ1v) is 6.10. The normalized spacial score (nSPS) is 11.2. The van der Waals surface area contributed by atoms with Crippen LogP contribution in [0.4, 0.5) is 5.13 Å². The Morgan fingerprint density at radius 2 is 2.46 bits per heavy atom. The van der Waals surface area contributed by atoms with Gasteiger partial charge < -0.3 is 0 Å². The molecular weight excluding hydrogens is 208 g/mol. The van der Waals surface area contributed by atoms with Gasteiger partial charge in [-0.3, -0.25) is 4.72 Å². The van der Waals surface area contributed by atoms with Crippen LogP contribution >= 0.6 is 11.3 Å². The third kappa shape index (κ3) is 3.16. The minimum Gasteiger partial charge on any atom is -0.258 e. The Labute approximate surface area is 81.4 Å². The monoisotopic (exact) mass is 218 g/mol. The quantitative estimate of drug-likeness (QED) is 0.777. The summed E-state index contributed by atoms with van der Waals surface area (Å²) in [6.45, 7) is 5.16. The third-order valence-corrected chi connectivity index (χ3v) is 3.38. The first-order chi connectivity index (χ1) is 6.03. The Morgan fingerprint density at radius 1 is 1.77 bits per heavy atom. The molecule has 1 heterocycles. The zero-order valence-electron chi connectivity index (χ0n) is 7.15. The standard InChI is InChI=1S/C7H10N2O2S2/c1-3-4-13(10,11)9-7-8-6(2)5-12-7/h3,5H,1,4H2,2H3,(H,8,9). The van der Waals surface area contributed by atoms with E-state index in [9.17, 15) is 8.42 Å². The van der Waals surface area contributed by atoms with Gasteiger partial charge in [-0.25, -0.2) is 13.4 Å². The number of aromatic nitrogens is 1. The van der Waals surface area contributed by atoms with Crippen LogP contribution in [0.1, 0.15) is 5.69 Å². The summed E-state index contributed by atoms with van der Waals surface area (Å²) in [5, 5.41) is 2.19. The van der Waals surface area contributed by atoms with E-state index in [-0.39, 0.29) is 5.75 Å². The highest BCUT2D eigenvalue weighted by Crippen LogP contribution is 2.15. The lowest BCUT2D eigenvalue weighted by Crippen LogP contribution is -2.14. The second-order valence-corrected chi connectivity index (χ2v) is 5.09. The number of thiazole rings is 1. The lowest BCUT2D eigenvalue weighted by molar-refractivity contribution is 0.604. The number of sulfonamides is 1. The molecule has 0 aliphatic rings. The van der Waals surface area contributed by atoms with Crippen molar-refractivity contribution in [2.24, 2.45) is 0 Å². The summed E-state index contributed by atoms with van der Waals surface area (Å²) >= 11 is 1.27. The second kappa shape index (κ2) is 3.89. The molecule has 0 aliphatic heterocycles. The fourth-order valence-corrected chi connectivity index (χ4v) is 2.54. The summed E-state index contributed by atoms with van der Waals surface area (Å²) in [6, 6.07) is 0. The smallest absolute Gasteiger partial charge is 0.238 e. The topological polar surface area (TPSA) is 59.1 Å². The van der Waals surface area contributed by atoms with Crippen LogP contribution < -0.4 is 4.72 Å². The molecule has 1 N–H and O–H groups in total. The van der Waals surface area contributed by atoms with Gasteiger partial charge in [0.15, 0.2) is 5.13 Å². The molecule has 72 valence electrons. The van der Waals surface area contributed by atoms with E-state index in [2.05, 4.69) is 16.3 Å². The van der Waals surface area contributed by atoms with Gasteiger partial charge in [0.2, 0.25) is 10.0 Å². The van der Waals surface area contributed by atoms with Gasteiger partial charge >= 0.3 is 0 Å². The molecule has 0 bridgehead atoms. The second-order valence-electron chi connectivity index (χ2n) is 2.47. The van der Waals surface area contributed by atoms with Crippen molar-refractivity contribution in [3.8, 4) is 0 Å². The highest BCUT2D eigenvalue weighted by molar-refractivity contribution is 7.93. The molecule has 0 fully saturated rings. The third-order valence-electron chi connectivity index (χ3n) is 1.20. The van der Waals surface area contributed by atoms with E-state index in [4.69, 9.17) is 0 Å². The van der Waals surface area contributed by atoms with E-state index in [1.165, 1.54) is 17.4 Å². The molecule has 0 saturated carbocycles. The van der Waals surface area contributed by atoms with Gasteiger partial charge in [0.25, 0.3) is 0 Å². The van der Waals surface area contributed by atoms with E-state index in [0.29, 0.717) is 5.13 Å².